The second kappa shape index (κ2) is 19.6. The molecule has 2 aliphatic heterocycles. The van der Waals surface area contributed by atoms with Crippen LogP contribution in [0, 0.1) is 5.92 Å². The van der Waals surface area contributed by atoms with Crippen molar-refractivity contribution >= 4 is 41.1 Å². The largest absolute Gasteiger partial charge is 0.497 e. The van der Waals surface area contributed by atoms with Gasteiger partial charge in [-0.05, 0) is 71.5 Å². The van der Waals surface area contributed by atoms with Gasteiger partial charge in [0.25, 0.3) is 0 Å². The number of halogens is 3. The van der Waals surface area contributed by atoms with Gasteiger partial charge in [0.2, 0.25) is 23.6 Å². The minimum atomic E-state index is -4.63. The van der Waals surface area contributed by atoms with E-state index in [-0.39, 0.29) is 44.1 Å². The van der Waals surface area contributed by atoms with E-state index < -0.39 is 77.6 Å². The number of anilines is 1. The highest BCUT2D eigenvalue weighted by atomic mass is 19.4. The van der Waals surface area contributed by atoms with Gasteiger partial charge >= 0.3 is 12.1 Å². The van der Waals surface area contributed by atoms with Crippen molar-refractivity contribution in [2.24, 2.45) is 5.92 Å². The van der Waals surface area contributed by atoms with Crippen molar-refractivity contribution in [3.8, 4) is 5.75 Å². The molecule has 12 nitrogen and oxygen atoms in total. The number of ether oxygens (including phenoxy) is 1. The van der Waals surface area contributed by atoms with Gasteiger partial charge in [0.1, 0.15) is 17.8 Å². The molecule has 0 aromatic heterocycles. The number of carbonyl (C=O) groups is 6. The number of ketones is 1. The van der Waals surface area contributed by atoms with Gasteiger partial charge in [0.15, 0.2) is 5.78 Å². The lowest BCUT2D eigenvalue weighted by Gasteiger charge is -2.26. The molecule has 2 aliphatic rings. The van der Waals surface area contributed by atoms with Gasteiger partial charge in [-0.15, -0.1) is 0 Å². The van der Waals surface area contributed by atoms with Crippen LogP contribution < -0.4 is 26.0 Å². The fraction of sp³-hybridized carbons (Fsp3) is 0.302. The number of Topliss-reactive ketones (excluding diaryl/α,β-unsaturated/α-hetero) is 1. The highest BCUT2D eigenvalue weighted by Gasteiger charge is 2.34. The first-order chi connectivity index (χ1) is 27.7. The van der Waals surface area contributed by atoms with Crippen molar-refractivity contribution < 1.29 is 51.8 Å². The number of amides is 4. The van der Waals surface area contributed by atoms with Crippen LogP contribution in [0.4, 0.5) is 18.9 Å². The first kappa shape index (κ1) is 42.6. The molecule has 15 heteroatoms. The number of carbonyl (C=O) groups excluding carboxylic acids is 5. The SMILES string of the molecule is COc1ccc(C[C@H]2NC(=O)CCC(=O)Nc3ccc(cc3)C[C@@H](C(=O)O)CC(=O)[C@@H](Cc3ccccc3)NC(=O)[C@H](Cc3ccc(C(F)(F)F)cc3)NC2=O)cc1. The Morgan fingerprint density at radius 2 is 1.17 bits per heavy atom. The van der Waals surface area contributed by atoms with Crippen LogP contribution in [0.15, 0.2) is 103 Å². The molecule has 2 heterocycles. The van der Waals surface area contributed by atoms with Crippen molar-refractivity contribution in [2.75, 3.05) is 12.4 Å². The molecule has 6 rings (SSSR count). The Kier molecular flexibility index (Phi) is 14.4. The van der Waals surface area contributed by atoms with Gasteiger partial charge in [0.05, 0.1) is 24.6 Å². The van der Waals surface area contributed by atoms with E-state index in [0.29, 0.717) is 28.1 Å². The van der Waals surface area contributed by atoms with E-state index in [2.05, 4.69) is 21.3 Å². The van der Waals surface area contributed by atoms with E-state index in [9.17, 15) is 47.0 Å². The minimum absolute atomic E-state index is 0.0384. The van der Waals surface area contributed by atoms with E-state index >= 15 is 0 Å². The minimum Gasteiger partial charge on any atom is -0.497 e. The van der Waals surface area contributed by atoms with Crippen molar-refractivity contribution in [3.63, 3.8) is 0 Å². The zero-order chi connectivity index (χ0) is 41.8. The standard InChI is InChI=1S/C43H43F3N4O8/c1-58-33-17-11-29(12-18-33)23-35-40(54)50-36(24-28-7-13-31(14-8-28)43(44,45)46)41(55)49-34(22-26-5-3-2-4-6-26)37(51)25-30(42(56)57)21-27-9-15-32(16-10-27)47-38(52)19-20-39(53)48-35/h2-18,30,34-36H,19-25H2,1H3,(H,47,52)(H,48,53)(H,49,55)(H,50,54)(H,56,57)/t30-,34-,35-,36+/m1/s1. The molecule has 58 heavy (non-hydrogen) atoms. The second-order valence-corrected chi connectivity index (χ2v) is 14.0. The quantitative estimate of drug-likeness (QED) is 0.157. The number of rotatable bonds is 8. The van der Waals surface area contributed by atoms with Crippen molar-refractivity contribution in [3.05, 3.63) is 131 Å². The molecule has 0 unspecified atom stereocenters. The molecule has 4 aromatic carbocycles. The maximum Gasteiger partial charge on any atom is 0.416 e. The maximum absolute atomic E-state index is 14.3. The lowest BCUT2D eigenvalue weighted by molar-refractivity contribution is -0.144. The normalized spacial score (nSPS) is 20.2. The van der Waals surface area contributed by atoms with E-state index in [1.54, 1.807) is 78.9 Å². The molecule has 304 valence electrons. The Balaban J connectivity index is 1.52. The Hall–Kier alpha value is -6.51. The highest BCUT2D eigenvalue weighted by molar-refractivity contribution is 5.97. The molecular weight excluding hydrogens is 757 g/mol. The number of hydrogen-bond donors (Lipinski definition) is 5. The predicted molar refractivity (Wildman–Crippen MR) is 207 cm³/mol. The summed E-state index contributed by atoms with van der Waals surface area (Å²) in [5.41, 5.74) is 1.51. The van der Waals surface area contributed by atoms with Crippen LogP contribution in [-0.4, -0.2) is 65.7 Å². The monoisotopic (exact) mass is 800 g/mol. The molecule has 0 radical (unpaired) electrons. The average molecular weight is 801 g/mol. The third-order valence-electron chi connectivity index (χ3n) is 9.69. The van der Waals surface area contributed by atoms with E-state index in [1.165, 1.54) is 19.2 Å². The number of fused-ring (bicyclic) bond motifs is 18. The van der Waals surface area contributed by atoms with Crippen LogP contribution in [0.3, 0.4) is 0 Å². The number of methoxy groups -OCH3 is 1. The van der Waals surface area contributed by atoms with Gasteiger partial charge in [0, 0.05) is 37.8 Å². The molecule has 0 saturated heterocycles. The van der Waals surface area contributed by atoms with Crippen LogP contribution in [0.5, 0.6) is 5.75 Å². The van der Waals surface area contributed by atoms with Crippen LogP contribution in [0.1, 0.15) is 47.1 Å². The first-order valence-electron chi connectivity index (χ1n) is 18.5. The van der Waals surface area contributed by atoms with Crippen LogP contribution in [0.2, 0.25) is 0 Å². The lowest BCUT2D eigenvalue weighted by atomic mass is 9.90. The molecule has 0 fully saturated rings. The van der Waals surface area contributed by atoms with Crippen molar-refractivity contribution in [1.82, 2.24) is 16.0 Å². The highest BCUT2D eigenvalue weighted by Crippen LogP contribution is 2.29. The molecular formula is C43H43F3N4O8. The second-order valence-electron chi connectivity index (χ2n) is 14.0. The Morgan fingerprint density at radius 3 is 1.74 bits per heavy atom. The number of alkyl halides is 3. The van der Waals surface area contributed by atoms with Gasteiger partial charge in [-0.3, -0.25) is 28.8 Å². The summed E-state index contributed by atoms with van der Waals surface area (Å²) in [5.74, 6) is -5.38. The molecule has 4 aromatic rings. The molecule has 0 spiro atoms. The van der Waals surface area contributed by atoms with Crippen molar-refractivity contribution in [2.45, 2.75) is 69.2 Å². The predicted octanol–water partition coefficient (Wildman–Crippen LogP) is 4.83. The van der Waals surface area contributed by atoms with Crippen LogP contribution >= 0.6 is 0 Å². The summed E-state index contributed by atoms with van der Waals surface area (Å²) in [5, 5.41) is 20.8. The summed E-state index contributed by atoms with van der Waals surface area (Å²) in [7, 11) is 1.48. The van der Waals surface area contributed by atoms with Crippen LogP contribution in [0.25, 0.3) is 0 Å². The number of carboxylic acid groups (broad SMARTS) is 1. The number of nitrogens with one attached hydrogen (secondary N) is 4. The van der Waals surface area contributed by atoms with Gasteiger partial charge in [-0.25, -0.2) is 0 Å². The van der Waals surface area contributed by atoms with Gasteiger partial charge in [-0.2, -0.15) is 13.2 Å². The Morgan fingerprint density at radius 1 is 0.655 bits per heavy atom. The summed E-state index contributed by atoms with van der Waals surface area (Å²) in [6.45, 7) is 0. The third-order valence-corrected chi connectivity index (χ3v) is 9.69. The molecule has 0 saturated carbocycles. The fourth-order valence-electron chi connectivity index (χ4n) is 6.48. The summed E-state index contributed by atoms with van der Waals surface area (Å²) in [6.07, 6.45) is -6.15. The first-order valence-corrected chi connectivity index (χ1v) is 18.5. The van der Waals surface area contributed by atoms with E-state index in [1.807, 2.05) is 0 Å². The Bertz CT molecular complexity index is 2080. The van der Waals surface area contributed by atoms with Gasteiger partial charge in [-0.1, -0.05) is 66.7 Å². The zero-order valence-corrected chi connectivity index (χ0v) is 31.5. The van der Waals surface area contributed by atoms with E-state index in [4.69, 9.17) is 4.74 Å². The fourth-order valence-corrected chi connectivity index (χ4v) is 6.48. The molecule has 4 amide bonds. The molecule has 0 aliphatic carbocycles. The summed E-state index contributed by atoms with van der Waals surface area (Å²) >= 11 is 0. The topological polar surface area (TPSA) is 180 Å². The summed E-state index contributed by atoms with van der Waals surface area (Å²) < 4.78 is 45.4. The smallest absolute Gasteiger partial charge is 0.416 e. The number of benzene rings is 4. The Labute approximate surface area is 332 Å². The van der Waals surface area contributed by atoms with E-state index in [0.717, 1.165) is 12.1 Å². The number of carboxylic acids is 1. The number of hydrogen-bond acceptors (Lipinski definition) is 7. The lowest BCUT2D eigenvalue weighted by Crippen LogP contribution is -2.57. The zero-order valence-electron chi connectivity index (χ0n) is 31.5. The maximum atomic E-state index is 14.3. The van der Waals surface area contributed by atoms with Crippen molar-refractivity contribution in [1.29, 1.82) is 0 Å². The number of aliphatic carboxylic acids is 1. The average Bonchev–Trinajstić information content (AvgIpc) is 3.19. The van der Waals surface area contributed by atoms with Crippen LogP contribution in [-0.2, 0) is 60.6 Å². The van der Waals surface area contributed by atoms with Gasteiger partial charge < -0.3 is 31.1 Å². The molecule has 2 bridgehead atoms. The third kappa shape index (κ3) is 12.5. The molecule has 4 atom stereocenters. The molecule has 5 N–H and O–H groups in total. The summed E-state index contributed by atoms with van der Waals surface area (Å²) in [4.78, 5) is 80.9. The summed E-state index contributed by atoms with van der Waals surface area (Å²) in [6, 6.07) is 21.6.